The number of hydrogen-bond donors (Lipinski definition) is 2. The zero-order valence-corrected chi connectivity index (χ0v) is 10.1. The monoisotopic (exact) mass is 259 g/mol. The van der Waals surface area contributed by atoms with Crippen LogP contribution in [0.1, 0.15) is 11.1 Å². The van der Waals surface area contributed by atoms with Gasteiger partial charge in [-0.05, 0) is 23.8 Å². The molecular formula is C12H10ClN5. The molecule has 3 N–H and O–H groups in total. The van der Waals surface area contributed by atoms with E-state index in [2.05, 4.69) is 20.3 Å². The van der Waals surface area contributed by atoms with Gasteiger partial charge in [-0.1, -0.05) is 17.7 Å². The molecule has 0 fully saturated rings. The molecule has 6 heteroatoms. The van der Waals surface area contributed by atoms with Crippen molar-refractivity contribution in [2.24, 2.45) is 4.99 Å². The van der Waals surface area contributed by atoms with Gasteiger partial charge in [0.25, 0.3) is 0 Å². The Morgan fingerprint density at radius 2 is 2.17 bits per heavy atom. The van der Waals surface area contributed by atoms with Gasteiger partial charge in [0.2, 0.25) is 5.95 Å². The summed E-state index contributed by atoms with van der Waals surface area (Å²) in [5, 5.41) is 3.70. The van der Waals surface area contributed by atoms with E-state index in [9.17, 15) is 0 Å². The van der Waals surface area contributed by atoms with E-state index in [1.807, 2.05) is 18.2 Å². The van der Waals surface area contributed by atoms with Crippen LogP contribution < -0.4 is 11.1 Å². The Kier molecular flexibility index (Phi) is 2.60. The Bertz CT molecular complexity index is 638. The highest BCUT2D eigenvalue weighted by Gasteiger charge is 2.14. The number of nitrogen functional groups attached to an aromatic ring is 1. The molecule has 0 saturated heterocycles. The van der Waals surface area contributed by atoms with Crippen LogP contribution >= 0.6 is 11.6 Å². The lowest BCUT2D eigenvalue weighted by molar-refractivity contribution is 1.11. The molecule has 0 radical (unpaired) electrons. The minimum absolute atomic E-state index is 0.237. The summed E-state index contributed by atoms with van der Waals surface area (Å²) in [7, 11) is 0. The number of nitrogens with zero attached hydrogens (tertiary/aromatic N) is 3. The summed E-state index contributed by atoms with van der Waals surface area (Å²) in [6.07, 6.45) is 1.60. The van der Waals surface area contributed by atoms with Crippen molar-refractivity contribution in [3.8, 4) is 0 Å². The average Bonchev–Trinajstić information content (AvgIpc) is 2.71. The highest BCUT2D eigenvalue weighted by atomic mass is 35.5. The standard InChI is InChI=1S/C12H10ClN5/c13-11-9-5-8(2-1-7(9)6-16-11)17-10-3-4-15-12(14)18-10/h1-5H,6H2,(H3,14,15,17,18). The molecule has 0 spiro atoms. The summed E-state index contributed by atoms with van der Waals surface area (Å²) in [6, 6.07) is 7.66. The Labute approximate surface area is 109 Å². The number of benzene rings is 1. The van der Waals surface area contributed by atoms with E-state index in [1.54, 1.807) is 12.3 Å². The van der Waals surface area contributed by atoms with E-state index >= 15 is 0 Å². The molecule has 90 valence electrons. The summed E-state index contributed by atoms with van der Waals surface area (Å²) < 4.78 is 0. The molecule has 2 heterocycles. The first kappa shape index (κ1) is 11.0. The van der Waals surface area contributed by atoms with E-state index < -0.39 is 0 Å². The Morgan fingerprint density at radius 3 is 3.00 bits per heavy atom. The lowest BCUT2D eigenvalue weighted by atomic mass is 10.1. The predicted molar refractivity (Wildman–Crippen MR) is 72.3 cm³/mol. The van der Waals surface area contributed by atoms with E-state index in [-0.39, 0.29) is 5.95 Å². The van der Waals surface area contributed by atoms with Gasteiger partial charge in [0, 0.05) is 17.4 Å². The second-order valence-electron chi connectivity index (χ2n) is 3.90. The topological polar surface area (TPSA) is 76.2 Å². The molecule has 0 amide bonds. The first-order valence-corrected chi connectivity index (χ1v) is 5.79. The minimum Gasteiger partial charge on any atom is -0.368 e. The molecule has 1 aromatic carbocycles. The molecule has 0 unspecified atom stereocenters. The van der Waals surface area contributed by atoms with Crippen LogP contribution in [0, 0.1) is 0 Å². The maximum absolute atomic E-state index is 6.02. The third kappa shape index (κ3) is 2.00. The number of nitrogens with two attached hydrogens (primary N) is 1. The van der Waals surface area contributed by atoms with Gasteiger partial charge in [-0.2, -0.15) is 4.98 Å². The highest BCUT2D eigenvalue weighted by molar-refractivity contribution is 6.70. The van der Waals surface area contributed by atoms with Crippen molar-refractivity contribution >= 4 is 34.2 Å². The van der Waals surface area contributed by atoms with Crippen LogP contribution in [-0.2, 0) is 6.54 Å². The number of anilines is 3. The van der Waals surface area contributed by atoms with Crippen molar-refractivity contribution < 1.29 is 0 Å². The smallest absolute Gasteiger partial charge is 0.221 e. The number of fused-ring (bicyclic) bond motifs is 1. The summed E-state index contributed by atoms with van der Waals surface area (Å²) in [6.45, 7) is 0.648. The van der Waals surface area contributed by atoms with Crippen molar-refractivity contribution in [1.29, 1.82) is 0 Å². The first-order valence-electron chi connectivity index (χ1n) is 5.41. The van der Waals surface area contributed by atoms with Crippen LogP contribution in [0.15, 0.2) is 35.5 Å². The van der Waals surface area contributed by atoms with Crippen LogP contribution in [0.3, 0.4) is 0 Å². The normalized spacial score (nSPS) is 13.1. The summed E-state index contributed by atoms with van der Waals surface area (Å²) in [5.41, 5.74) is 8.51. The number of rotatable bonds is 2. The largest absolute Gasteiger partial charge is 0.368 e. The highest BCUT2D eigenvalue weighted by Crippen LogP contribution is 2.25. The van der Waals surface area contributed by atoms with Crippen LogP contribution in [0.2, 0.25) is 0 Å². The molecule has 1 aliphatic heterocycles. The van der Waals surface area contributed by atoms with Gasteiger partial charge < -0.3 is 11.1 Å². The van der Waals surface area contributed by atoms with Gasteiger partial charge in [0.15, 0.2) is 0 Å². The molecule has 1 aliphatic rings. The average molecular weight is 260 g/mol. The van der Waals surface area contributed by atoms with E-state index in [4.69, 9.17) is 17.3 Å². The second kappa shape index (κ2) is 4.27. The Morgan fingerprint density at radius 1 is 1.28 bits per heavy atom. The minimum atomic E-state index is 0.237. The lowest BCUT2D eigenvalue weighted by Gasteiger charge is -2.07. The molecule has 0 atom stereocenters. The Hall–Kier alpha value is -2.14. The second-order valence-corrected chi connectivity index (χ2v) is 4.26. The zero-order valence-electron chi connectivity index (χ0n) is 9.39. The lowest BCUT2D eigenvalue weighted by Crippen LogP contribution is -2.00. The van der Waals surface area contributed by atoms with Gasteiger partial charge in [-0.15, -0.1) is 0 Å². The number of aliphatic imine (C=N–C) groups is 1. The predicted octanol–water partition coefficient (Wildman–Crippen LogP) is 2.30. The molecular weight excluding hydrogens is 250 g/mol. The molecule has 5 nitrogen and oxygen atoms in total. The zero-order chi connectivity index (χ0) is 12.5. The first-order chi connectivity index (χ1) is 8.72. The van der Waals surface area contributed by atoms with E-state index in [0.717, 1.165) is 16.8 Å². The molecule has 3 rings (SSSR count). The van der Waals surface area contributed by atoms with Crippen molar-refractivity contribution in [2.45, 2.75) is 6.54 Å². The van der Waals surface area contributed by atoms with Gasteiger partial charge in [0.1, 0.15) is 11.0 Å². The Balaban J connectivity index is 1.90. The van der Waals surface area contributed by atoms with Crippen LogP contribution in [0.5, 0.6) is 0 Å². The third-order valence-corrected chi connectivity index (χ3v) is 2.99. The number of aromatic nitrogens is 2. The molecule has 0 aliphatic carbocycles. The molecule has 1 aromatic heterocycles. The summed E-state index contributed by atoms with van der Waals surface area (Å²) in [5.74, 6) is 0.884. The maximum Gasteiger partial charge on any atom is 0.221 e. The van der Waals surface area contributed by atoms with Gasteiger partial charge >= 0.3 is 0 Å². The maximum atomic E-state index is 6.02. The number of nitrogens with one attached hydrogen (secondary N) is 1. The van der Waals surface area contributed by atoms with Crippen LogP contribution in [0.4, 0.5) is 17.5 Å². The summed E-state index contributed by atoms with van der Waals surface area (Å²) in [4.78, 5) is 12.1. The van der Waals surface area contributed by atoms with Crippen LogP contribution in [0.25, 0.3) is 0 Å². The third-order valence-electron chi connectivity index (χ3n) is 2.67. The van der Waals surface area contributed by atoms with Crippen molar-refractivity contribution in [3.05, 3.63) is 41.6 Å². The molecule has 18 heavy (non-hydrogen) atoms. The fourth-order valence-corrected chi connectivity index (χ4v) is 2.05. The van der Waals surface area contributed by atoms with Gasteiger partial charge in [-0.3, -0.25) is 4.99 Å². The van der Waals surface area contributed by atoms with Crippen molar-refractivity contribution in [2.75, 3.05) is 11.1 Å². The summed E-state index contributed by atoms with van der Waals surface area (Å²) >= 11 is 6.02. The fraction of sp³-hybridized carbons (Fsp3) is 0.0833. The molecule has 0 bridgehead atoms. The molecule has 2 aromatic rings. The van der Waals surface area contributed by atoms with Crippen LogP contribution in [-0.4, -0.2) is 15.1 Å². The molecule has 0 saturated carbocycles. The van der Waals surface area contributed by atoms with Crippen molar-refractivity contribution in [1.82, 2.24) is 9.97 Å². The fourth-order valence-electron chi connectivity index (χ4n) is 1.82. The van der Waals surface area contributed by atoms with E-state index in [1.165, 1.54) is 0 Å². The number of halogens is 1. The van der Waals surface area contributed by atoms with Gasteiger partial charge in [-0.25, -0.2) is 4.98 Å². The number of hydrogen-bond acceptors (Lipinski definition) is 5. The quantitative estimate of drug-likeness (QED) is 0.868. The SMILES string of the molecule is Nc1nccc(Nc2ccc3c(c2)C(Cl)=NC3)n1. The van der Waals surface area contributed by atoms with E-state index in [0.29, 0.717) is 17.5 Å². The van der Waals surface area contributed by atoms with Crippen molar-refractivity contribution in [3.63, 3.8) is 0 Å². The van der Waals surface area contributed by atoms with Gasteiger partial charge in [0.05, 0.1) is 6.54 Å².